The molecule has 0 unspecified atom stereocenters. The molecule has 0 bridgehead atoms. The minimum atomic E-state index is -3.73. The van der Waals surface area contributed by atoms with Crippen molar-refractivity contribution in [1.29, 1.82) is 0 Å². The van der Waals surface area contributed by atoms with Crippen LogP contribution in [0.15, 0.2) is 72.8 Å². The number of ether oxygens (including phenoxy) is 1. The molecule has 0 aliphatic carbocycles. The van der Waals surface area contributed by atoms with Crippen molar-refractivity contribution in [2.24, 2.45) is 0 Å². The summed E-state index contributed by atoms with van der Waals surface area (Å²) < 4.78 is 34.0. The van der Waals surface area contributed by atoms with Gasteiger partial charge in [0, 0.05) is 5.56 Å². The molecule has 0 aliphatic rings. The summed E-state index contributed by atoms with van der Waals surface area (Å²) in [5.41, 5.74) is 2.92. The second-order valence-electron chi connectivity index (χ2n) is 6.93. The first-order valence-electron chi connectivity index (χ1n) is 9.39. The van der Waals surface area contributed by atoms with Crippen LogP contribution in [-0.2, 0) is 33.6 Å². The zero-order chi connectivity index (χ0) is 21.6. The molecule has 0 saturated heterocycles. The topological polar surface area (TPSA) is 92.7 Å². The minimum Gasteiger partial charge on any atom is -0.486 e. The number of hydrogen-bond donors (Lipinski definition) is 2. The first-order chi connectivity index (χ1) is 14.3. The van der Waals surface area contributed by atoms with E-state index >= 15 is 0 Å². The van der Waals surface area contributed by atoms with E-state index in [1.165, 1.54) is 0 Å². The Hall–Kier alpha value is -3.32. The van der Waals surface area contributed by atoms with Crippen LogP contribution in [0.5, 0.6) is 5.75 Å². The van der Waals surface area contributed by atoms with Crippen LogP contribution in [0, 0.1) is 6.92 Å². The third-order valence-corrected chi connectivity index (χ3v) is 5.76. The van der Waals surface area contributed by atoms with Gasteiger partial charge in [0.05, 0.1) is 17.9 Å². The van der Waals surface area contributed by atoms with Crippen molar-refractivity contribution < 1.29 is 23.1 Å². The number of carbonyl (C=O) groups is 1. The molecule has 2 N–H and O–H groups in total. The van der Waals surface area contributed by atoms with Gasteiger partial charge in [-0.15, -0.1) is 0 Å². The quantitative estimate of drug-likeness (QED) is 0.537. The van der Waals surface area contributed by atoms with Crippen LogP contribution in [0.25, 0.3) is 0 Å². The summed E-state index contributed by atoms with van der Waals surface area (Å²) >= 11 is 0. The molecular weight excluding hydrogens is 402 g/mol. The zero-order valence-corrected chi connectivity index (χ0v) is 17.4. The van der Waals surface area contributed by atoms with Gasteiger partial charge in [-0.05, 0) is 29.7 Å². The van der Waals surface area contributed by atoms with Gasteiger partial charge in [-0.25, -0.2) is 8.42 Å². The van der Waals surface area contributed by atoms with Gasteiger partial charge in [0.15, 0.2) is 0 Å². The van der Waals surface area contributed by atoms with Crippen molar-refractivity contribution in [2.75, 3.05) is 4.72 Å². The summed E-state index contributed by atoms with van der Waals surface area (Å²) in [4.78, 5) is 11.4. The van der Waals surface area contributed by atoms with Crippen molar-refractivity contribution in [3.05, 3.63) is 95.1 Å². The van der Waals surface area contributed by atoms with E-state index in [4.69, 9.17) is 4.74 Å². The molecule has 0 amide bonds. The number of benzene rings is 3. The number of hydrogen-bond acceptors (Lipinski definition) is 4. The molecule has 6 nitrogen and oxygen atoms in total. The number of aryl methyl sites for hydroxylation is 1. The second kappa shape index (κ2) is 9.45. The lowest BCUT2D eigenvalue weighted by atomic mass is 10.0. The molecule has 156 valence electrons. The fourth-order valence-corrected chi connectivity index (χ4v) is 4.27. The Bertz CT molecular complexity index is 1110. The average molecular weight is 426 g/mol. The molecule has 3 aromatic carbocycles. The molecule has 7 heteroatoms. The highest BCUT2D eigenvalue weighted by atomic mass is 32.2. The van der Waals surface area contributed by atoms with Crippen molar-refractivity contribution in [1.82, 2.24) is 0 Å². The molecule has 0 saturated carbocycles. The molecule has 0 spiro atoms. The molecule has 0 fully saturated rings. The normalized spacial score (nSPS) is 11.1. The first kappa shape index (κ1) is 21.4. The molecule has 3 aromatic rings. The van der Waals surface area contributed by atoms with Gasteiger partial charge in [-0.3, -0.25) is 9.52 Å². The van der Waals surface area contributed by atoms with Crippen molar-refractivity contribution in [3.8, 4) is 5.75 Å². The van der Waals surface area contributed by atoms with E-state index < -0.39 is 16.0 Å². The van der Waals surface area contributed by atoms with E-state index in [9.17, 15) is 18.3 Å². The van der Waals surface area contributed by atoms with Gasteiger partial charge in [-0.1, -0.05) is 66.7 Å². The summed E-state index contributed by atoms with van der Waals surface area (Å²) in [5, 5.41) is 9.33. The number of aliphatic carboxylic acids is 1. The Morgan fingerprint density at radius 3 is 2.13 bits per heavy atom. The first-order valence-corrected chi connectivity index (χ1v) is 11.0. The lowest BCUT2D eigenvalue weighted by molar-refractivity contribution is -0.136. The largest absolute Gasteiger partial charge is 0.486 e. The average Bonchev–Trinajstić information content (AvgIpc) is 2.70. The summed E-state index contributed by atoms with van der Waals surface area (Å²) in [5.74, 6) is -0.987. The van der Waals surface area contributed by atoms with E-state index in [-0.39, 0.29) is 30.2 Å². The van der Waals surface area contributed by atoms with Crippen LogP contribution in [0.2, 0.25) is 0 Å². The fourth-order valence-electron chi connectivity index (χ4n) is 3.07. The van der Waals surface area contributed by atoms with Crippen LogP contribution < -0.4 is 9.46 Å². The fraction of sp³-hybridized carbons (Fsp3) is 0.174. The Balaban J connectivity index is 1.92. The summed E-state index contributed by atoms with van der Waals surface area (Å²) in [6.45, 7) is 1.96. The Labute approximate surface area is 176 Å². The molecule has 0 atom stereocenters. The lowest BCUT2D eigenvalue weighted by Gasteiger charge is -2.18. The maximum Gasteiger partial charge on any atom is 0.307 e. The van der Waals surface area contributed by atoms with Gasteiger partial charge in [0.2, 0.25) is 10.0 Å². The minimum absolute atomic E-state index is 0.185. The predicted molar refractivity (Wildman–Crippen MR) is 116 cm³/mol. The van der Waals surface area contributed by atoms with Gasteiger partial charge in [-0.2, -0.15) is 0 Å². The van der Waals surface area contributed by atoms with Gasteiger partial charge >= 0.3 is 5.97 Å². The van der Waals surface area contributed by atoms with E-state index in [0.29, 0.717) is 16.7 Å². The zero-order valence-electron chi connectivity index (χ0n) is 16.5. The van der Waals surface area contributed by atoms with Gasteiger partial charge < -0.3 is 9.84 Å². The number of anilines is 1. The maximum atomic E-state index is 12.7. The van der Waals surface area contributed by atoms with E-state index in [1.807, 2.05) is 36.4 Å². The standard InChI is InChI=1S/C23H23NO5S/c1-17-12-13-21(24-30(27,28)16-19-10-6-3-7-11-19)23(20(17)14-22(25)26)29-15-18-8-4-2-5-9-18/h2-13,24H,14-16H2,1H3,(H,25,26). The molecule has 0 radical (unpaired) electrons. The van der Waals surface area contributed by atoms with Crippen molar-refractivity contribution in [2.45, 2.75) is 25.7 Å². The molecule has 0 aromatic heterocycles. The molecule has 30 heavy (non-hydrogen) atoms. The van der Waals surface area contributed by atoms with Crippen LogP contribution >= 0.6 is 0 Å². The van der Waals surface area contributed by atoms with Gasteiger partial charge in [0.1, 0.15) is 12.4 Å². The highest BCUT2D eigenvalue weighted by molar-refractivity contribution is 7.91. The Morgan fingerprint density at radius 1 is 0.933 bits per heavy atom. The number of sulfonamides is 1. The maximum absolute atomic E-state index is 12.7. The van der Waals surface area contributed by atoms with Crippen molar-refractivity contribution in [3.63, 3.8) is 0 Å². The summed E-state index contributed by atoms with van der Waals surface area (Å²) in [6.07, 6.45) is -0.274. The molecule has 0 aliphatic heterocycles. The van der Waals surface area contributed by atoms with E-state index in [1.54, 1.807) is 43.3 Å². The van der Waals surface area contributed by atoms with Crippen LogP contribution in [0.1, 0.15) is 22.3 Å². The monoisotopic (exact) mass is 425 g/mol. The second-order valence-corrected chi connectivity index (χ2v) is 8.65. The number of nitrogens with one attached hydrogen (secondary N) is 1. The van der Waals surface area contributed by atoms with Crippen molar-refractivity contribution >= 4 is 21.7 Å². The molecule has 0 heterocycles. The lowest BCUT2D eigenvalue weighted by Crippen LogP contribution is -2.17. The Morgan fingerprint density at radius 2 is 1.53 bits per heavy atom. The van der Waals surface area contributed by atoms with Gasteiger partial charge in [0.25, 0.3) is 0 Å². The molecular formula is C23H23NO5S. The van der Waals surface area contributed by atoms with E-state index in [2.05, 4.69) is 4.72 Å². The number of rotatable bonds is 9. The smallest absolute Gasteiger partial charge is 0.307 e. The van der Waals surface area contributed by atoms with Crippen LogP contribution in [-0.4, -0.2) is 19.5 Å². The third kappa shape index (κ3) is 5.84. The van der Waals surface area contributed by atoms with E-state index in [0.717, 1.165) is 5.56 Å². The SMILES string of the molecule is Cc1ccc(NS(=O)(=O)Cc2ccccc2)c(OCc2ccccc2)c1CC(=O)O. The molecule has 3 rings (SSSR count). The highest BCUT2D eigenvalue weighted by Crippen LogP contribution is 2.34. The highest BCUT2D eigenvalue weighted by Gasteiger charge is 2.20. The summed E-state index contributed by atoms with van der Waals surface area (Å²) in [7, 11) is -3.73. The Kier molecular flexibility index (Phi) is 6.74. The number of carboxylic acids is 1. The summed E-state index contributed by atoms with van der Waals surface area (Å²) in [6, 6.07) is 21.5. The van der Waals surface area contributed by atoms with Crippen LogP contribution in [0.4, 0.5) is 5.69 Å². The predicted octanol–water partition coefficient (Wildman–Crippen LogP) is 4.14. The third-order valence-electron chi connectivity index (χ3n) is 4.51. The van der Waals surface area contributed by atoms with Crippen LogP contribution in [0.3, 0.4) is 0 Å². The number of carboxylic acid groups (broad SMARTS) is 1.